The van der Waals surface area contributed by atoms with Crippen molar-refractivity contribution in [2.24, 2.45) is 0 Å². The van der Waals surface area contributed by atoms with Gasteiger partial charge in [0, 0.05) is 26.2 Å². The summed E-state index contributed by atoms with van der Waals surface area (Å²) >= 11 is 2.66. The molecule has 4 rings (SSSR count). The van der Waals surface area contributed by atoms with Crippen molar-refractivity contribution in [1.82, 2.24) is 24.7 Å². The number of aromatic nitrogens is 3. The molecule has 0 aromatic carbocycles. The van der Waals surface area contributed by atoms with Gasteiger partial charge in [-0.1, -0.05) is 17.8 Å². The number of carbonyl (C=O) groups is 2. The molecule has 9 nitrogen and oxygen atoms in total. The highest BCUT2D eigenvalue weighted by atomic mass is 32.2. The van der Waals surface area contributed by atoms with E-state index in [0.29, 0.717) is 42.9 Å². The molecule has 0 saturated carbocycles. The SMILES string of the molecule is Nn1c(SCC(=O)N2CCN(C(=O)c3cccs3)CC2)nnc1-c1ccco1. The van der Waals surface area contributed by atoms with Crippen molar-refractivity contribution in [2.75, 3.05) is 37.8 Å². The van der Waals surface area contributed by atoms with Crippen LogP contribution in [0.15, 0.2) is 45.5 Å². The number of amides is 2. The Bertz CT molecular complexity index is 946. The number of furan rings is 1. The van der Waals surface area contributed by atoms with Crippen molar-refractivity contribution >= 4 is 34.9 Å². The molecule has 0 bridgehead atoms. The molecule has 1 aliphatic heterocycles. The zero-order valence-electron chi connectivity index (χ0n) is 14.9. The van der Waals surface area contributed by atoms with E-state index >= 15 is 0 Å². The molecule has 1 aliphatic rings. The zero-order chi connectivity index (χ0) is 19.5. The minimum Gasteiger partial charge on any atom is -0.461 e. The summed E-state index contributed by atoms with van der Waals surface area (Å²) in [6, 6.07) is 7.16. The van der Waals surface area contributed by atoms with Crippen molar-refractivity contribution in [2.45, 2.75) is 5.16 Å². The van der Waals surface area contributed by atoms with Crippen molar-refractivity contribution in [3.8, 4) is 11.6 Å². The summed E-state index contributed by atoms with van der Waals surface area (Å²) in [5, 5.41) is 10.4. The number of piperazine rings is 1. The fourth-order valence-corrected chi connectivity index (χ4v) is 4.33. The fourth-order valence-electron chi connectivity index (χ4n) is 2.88. The maximum absolute atomic E-state index is 12.5. The fraction of sp³-hybridized carbons (Fsp3) is 0.294. The number of carbonyl (C=O) groups excluding carboxylic acids is 2. The van der Waals surface area contributed by atoms with Gasteiger partial charge in [0.15, 0.2) is 5.76 Å². The average Bonchev–Trinajstić information content (AvgIpc) is 3.48. The lowest BCUT2D eigenvalue weighted by atomic mass is 10.3. The molecule has 1 fully saturated rings. The Labute approximate surface area is 169 Å². The number of rotatable bonds is 5. The number of hydrogen-bond donors (Lipinski definition) is 1. The van der Waals surface area contributed by atoms with E-state index in [1.54, 1.807) is 21.9 Å². The van der Waals surface area contributed by atoms with Gasteiger partial charge in [-0.3, -0.25) is 9.59 Å². The van der Waals surface area contributed by atoms with Gasteiger partial charge in [-0.25, -0.2) is 4.68 Å². The van der Waals surface area contributed by atoms with E-state index < -0.39 is 0 Å². The maximum Gasteiger partial charge on any atom is 0.264 e. The van der Waals surface area contributed by atoms with E-state index in [-0.39, 0.29) is 17.6 Å². The molecule has 0 spiro atoms. The second kappa shape index (κ2) is 8.07. The van der Waals surface area contributed by atoms with Crippen molar-refractivity contribution in [3.63, 3.8) is 0 Å². The van der Waals surface area contributed by atoms with Crippen molar-refractivity contribution < 1.29 is 14.0 Å². The van der Waals surface area contributed by atoms with Crippen LogP contribution in [0.4, 0.5) is 0 Å². The molecular formula is C17H18N6O3S2. The first kappa shape index (κ1) is 18.6. The summed E-state index contributed by atoms with van der Waals surface area (Å²) in [5.74, 6) is 7.13. The molecule has 0 atom stereocenters. The third-order valence-electron chi connectivity index (χ3n) is 4.38. The van der Waals surface area contributed by atoms with Gasteiger partial charge < -0.3 is 20.1 Å². The van der Waals surface area contributed by atoms with Crippen LogP contribution >= 0.6 is 23.1 Å². The normalized spacial score (nSPS) is 14.4. The largest absolute Gasteiger partial charge is 0.461 e. The highest BCUT2D eigenvalue weighted by Crippen LogP contribution is 2.22. The van der Waals surface area contributed by atoms with Gasteiger partial charge >= 0.3 is 0 Å². The summed E-state index contributed by atoms with van der Waals surface area (Å²) in [6.45, 7) is 2.10. The second-order valence-corrected chi connectivity index (χ2v) is 7.98. The van der Waals surface area contributed by atoms with E-state index in [1.807, 2.05) is 17.5 Å². The predicted molar refractivity (Wildman–Crippen MR) is 105 cm³/mol. The van der Waals surface area contributed by atoms with Crippen LogP contribution in [-0.4, -0.2) is 68.4 Å². The molecule has 0 aliphatic carbocycles. The molecule has 11 heteroatoms. The Hall–Kier alpha value is -2.79. The number of thiophene rings is 1. The lowest BCUT2D eigenvalue weighted by Gasteiger charge is -2.34. The molecule has 28 heavy (non-hydrogen) atoms. The van der Waals surface area contributed by atoms with Crippen molar-refractivity contribution in [3.05, 3.63) is 40.8 Å². The number of thioether (sulfide) groups is 1. The summed E-state index contributed by atoms with van der Waals surface area (Å²) in [7, 11) is 0. The number of hydrogen-bond acceptors (Lipinski definition) is 8. The van der Waals surface area contributed by atoms with Gasteiger partial charge in [-0.2, -0.15) is 0 Å². The van der Waals surface area contributed by atoms with Gasteiger partial charge in [-0.05, 0) is 23.6 Å². The van der Waals surface area contributed by atoms with Crippen LogP contribution in [0, 0.1) is 0 Å². The molecule has 146 valence electrons. The number of nitrogens with zero attached hydrogens (tertiary/aromatic N) is 5. The molecule has 2 amide bonds. The van der Waals surface area contributed by atoms with Gasteiger partial charge in [0.1, 0.15) is 0 Å². The Morgan fingerprint density at radius 1 is 1.14 bits per heavy atom. The first-order chi connectivity index (χ1) is 13.6. The van der Waals surface area contributed by atoms with Crippen LogP contribution in [0.5, 0.6) is 0 Å². The summed E-state index contributed by atoms with van der Waals surface area (Å²) < 4.78 is 6.59. The predicted octanol–water partition coefficient (Wildman–Crippen LogP) is 1.39. The third kappa shape index (κ3) is 3.76. The Morgan fingerprint density at radius 3 is 2.61 bits per heavy atom. The van der Waals surface area contributed by atoms with E-state index in [0.717, 1.165) is 4.88 Å². The minimum absolute atomic E-state index is 0.0178. The molecule has 1 saturated heterocycles. The van der Waals surface area contributed by atoms with Crippen LogP contribution in [-0.2, 0) is 4.79 Å². The molecule has 3 aromatic rings. The molecule has 0 unspecified atom stereocenters. The van der Waals surface area contributed by atoms with Gasteiger partial charge in [0.25, 0.3) is 5.91 Å². The zero-order valence-corrected chi connectivity index (χ0v) is 16.5. The van der Waals surface area contributed by atoms with Crippen molar-refractivity contribution in [1.29, 1.82) is 0 Å². The molecule has 3 aromatic heterocycles. The van der Waals surface area contributed by atoms with Crippen LogP contribution in [0.3, 0.4) is 0 Å². The summed E-state index contributed by atoms with van der Waals surface area (Å²) in [6.07, 6.45) is 1.53. The highest BCUT2D eigenvalue weighted by Gasteiger charge is 2.25. The van der Waals surface area contributed by atoms with Crippen LogP contribution in [0.2, 0.25) is 0 Å². The average molecular weight is 419 g/mol. The molecule has 0 radical (unpaired) electrons. The molecular weight excluding hydrogens is 400 g/mol. The topological polar surface area (TPSA) is 110 Å². The number of nitrogen functional groups attached to an aromatic ring is 1. The summed E-state index contributed by atoms with van der Waals surface area (Å²) in [4.78, 5) is 29.2. The quantitative estimate of drug-likeness (QED) is 0.492. The monoisotopic (exact) mass is 418 g/mol. The van der Waals surface area contributed by atoms with Gasteiger partial charge in [-0.15, -0.1) is 21.5 Å². The Kier molecular flexibility index (Phi) is 5.35. The minimum atomic E-state index is -0.0178. The lowest BCUT2D eigenvalue weighted by molar-refractivity contribution is -0.129. The van der Waals surface area contributed by atoms with Gasteiger partial charge in [0.05, 0.1) is 16.9 Å². The van der Waals surface area contributed by atoms with E-state index in [2.05, 4.69) is 10.2 Å². The second-order valence-electron chi connectivity index (χ2n) is 6.09. The Balaban J connectivity index is 1.29. The molecule has 4 heterocycles. The van der Waals surface area contributed by atoms with Crippen LogP contribution in [0.1, 0.15) is 9.67 Å². The first-order valence-corrected chi connectivity index (χ1v) is 10.5. The maximum atomic E-state index is 12.5. The van der Waals surface area contributed by atoms with E-state index in [4.69, 9.17) is 10.3 Å². The summed E-state index contributed by atoms with van der Waals surface area (Å²) in [5.41, 5.74) is 0. The van der Waals surface area contributed by atoms with E-state index in [1.165, 1.54) is 34.0 Å². The molecule has 2 N–H and O–H groups in total. The van der Waals surface area contributed by atoms with Crippen LogP contribution < -0.4 is 5.84 Å². The third-order valence-corrected chi connectivity index (χ3v) is 6.17. The van der Waals surface area contributed by atoms with Gasteiger partial charge in [0.2, 0.25) is 16.9 Å². The lowest BCUT2D eigenvalue weighted by Crippen LogP contribution is -2.51. The number of nitrogens with two attached hydrogens (primary N) is 1. The standard InChI is InChI=1S/C17H18N6O3S2/c18-23-15(12-3-1-9-26-12)19-20-17(23)28-11-14(24)21-5-7-22(8-6-21)16(25)13-4-2-10-27-13/h1-4,9-10H,5-8,11,18H2. The van der Waals surface area contributed by atoms with Crippen LogP contribution in [0.25, 0.3) is 11.6 Å². The van der Waals surface area contributed by atoms with E-state index in [9.17, 15) is 9.59 Å². The highest BCUT2D eigenvalue weighted by molar-refractivity contribution is 7.99. The Morgan fingerprint density at radius 2 is 1.93 bits per heavy atom. The smallest absolute Gasteiger partial charge is 0.264 e. The first-order valence-electron chi connectivity index (χ1n) is 8.61.